The van der Waals surface area contributed by atoms with Crippen LogP contribution in [0.25, 0.3) is 0 Å². The molecular weight excluding hydrogens is 222 g/mol. The molecule has 0 N–H and O–H groups in total. The first-order valence-corrected chi connectivity index (χ1v) is 6.25. The van der Waals surface area contributed by atoms with Gasteiger partial charge in [-0.2, -0.15) is 5.26 Å². The minimum absolute atomic E-state index is 0.602. The zero-order valence-electron chi connectivity index (χ0n) is 9.09. The Hall–Kier alpha value is -1.25. The summed E-state index contributed by atoms with van der Waals surface area (Å²) >= 11 is 1.41. The summed E-state index contributed by atoms with van der Waals surface area (Å²) in [5.74, 6) is 1.55. The molecule has 1 aromatic heterocycles. The van der Waals surface area contributed by atoms with Crippen LogP contribution in [0.5, 0.6) is 0 Å². The third-order valence-electron chi connectivity index (χ3n) is 2.58. The van der Waals surface area contributed by atoms with Crippen LogP contribution in [0.3, 0.4) is 0 Å². The molecule has 0 atom stereocenters. The van der Waals surface area contributed by atoms with Crippen LogP contribution in [0.4, 0.5) is 5.82 Å². The number of rotatable bonds is 4. The lowest BCUT2D eigenvalue weighted by Gasteiger charge is -2.39. The number of nitriles is 1. The summed E-state index contributed by atoms with van der Waals surface area (Å²) in [6.07, 6.45) is 3.54. The summed E-state index contributed by atoms with van der Waals surface area (Å²) in [5, 5.41) is 8.65. The van der Waals surface area contributed by atoms with E-state index in [0.29, 0.717) is 11.5 Å². The van der Waals surface area contributed by atoms with Gasteiger partial charge in [0.15, 0.2) is 0 Å². The highest BCUT2D eigenvalue weighted by atomic mass is 32.2. The van der Waals surface area contributed by atoms with Crippen LogP contribution >= 0.6 is 12.0 Å². The van der Waals surface area contributed by atoms with E-state index in [2.05, 4.69) is 16.0 Å². The van der Waals surface area contributed by atoms with E-state index in [1.807, 2.05) is 12.3 Å². The van der Waals surface area contributed by atoms with E-state index in [-0.39, 0.29) is 0 Å². The zero-order chi connectivity index (χ0) is 11.4. The Kier molecular flexibility index (Phi) is 3.65. The number of nitrogens with zero attached hydrogens (tertiary/aromatic N) is 3. The second-order valence-electron chi connectivity index (χ2n) is 3.74. The van der Waals surface area contributed by atoms with Gasteiger partial charge in [0.25, 0.3) is 0 Å². The second kappa shape index (κ2) is 5.19. The lowest BCUT2D eigenvalue weighted by molar-refractivity contribution is 0.251. The Morgan fingerprint density at radius 3 is 3.00 bits per heavy atom. The molecule has 0 bridgehead atoms. The predicted molar refractivity (Wildman–Crippen MR) is 64.1 cm³/mol. The summed E-state index contributed by atoms with van der Waals surface area (Å²) in [6.45, 7) is 2.77. The molecule has 0 aromatic carbocycles. The smallest absolute Gasteiger partial charge is 0.128 e. The Morgan fingerprint density at radius 1 is 1.62 bits per heavy atom. The molecule has 0 saturated carbocycles. The summed E-state index contributed by atoms with van der Waals surface area (Å²) < 4.78 is 5.28. The number of hydrogen-bond donors (Lipinski definition) is 0. The second-order valence-corrected chi connectivity index (χ2v) is 4.31. The lowest BCUT2D eigenvalue weighted by atomic mass is 10.0. The fourth-order valence-electron chi connectivity index (χ4n) is 1.67. The minimum atomic E-state index is 0.602. The van der Waals surface area contributed by atoms with E-state index in [0.717, 1.165) is 25.5 Å². The van der Waals surface area contributed by atoms with Crippen molar-refractivity contribution in [2.45, 2.75) is 0 Å². The molecule has 16 heavy (non-hydrogen) atoms. The monoisotopic (exact) mass is 235 g/mol. The van der Waals surface area contributed by atoms with Crippen LogP contribution in [0.2, 0.25) is 0 Å². The fraction of sp³-hybridized carbons (Fsp3) is 0.455. The van der Waals surface area contributed by atoms with E-state index in [9.17, 15) is 0 Å². The third-order valence-corrected chi connectivity index (χ3v) is 2.95. The highest BCUT2D eigenvalue weighted by molar-refractivity contribution is 7.93. The van der Waals surface area contributed by atoms with Gasteiger partial charge in [-0.1, -0.05) is 0 Å². The Balaban J connectivity index is 1.84. The third kappa shape index (κ3) is 2.46. The Bertz CT molecular complexity index is 381. The molecule has 0 unspecified atom stereocenters. The average molecular weight is 235 g/mol. The summed E-state index contributed by atoms with van der Waals surface area (Å²) in [4.78, 5) is 6.43. The first kappa shape index (κ1) is 11.2. The van der Waals surface area contributed by atoms with Crippen LogP contribution in [0, 0.1) is 17.2 Å². The van der Waals surface area contributed by atoms with Gasteiger partial charge < -0.3 is 9.08 Å². The molecule has 2 rings (SSSR count). The van der Waals surface area contributed by atoms with E-state index >= 15 is 0 Å². The summed E-state index contributed by atoms with van der Waals surface area (Å²) in [6, 6.07) is 5.75. The van der Waals surface area contributed by atoms with Crippen molar-refractivity contribution in [3.05, 3.63) is 23.9 Å². The normalized spacial score (nSPS) is 15.6. The van der Waals surface area contributed by atoms with Crippen LogP contribution in [-0.2, 0) is 4.18 Å². The molecule has 1 fully saturated rings. The molecule has 1 aliphatic heterocycles. The van der Waals surface area contributed by atoms with Crippen molar-refractivity contribution in [1.82, 2.24) is 4.98 Å². The topological polar surface area (TPSA) is 49.1 Å². The maximum absolute atomic E-state index is 8.65. The average Bonchev–Trinajstić information content (AvgIpc) is 2.28. The Morgan fingerprint density at radius 2 is 2.44 bits per heavy atom. The van der Waals surface area contributed by atoms with Crippen molar-refractivity contribution in [3.63, 3.8) is 0 Å². The molecule has 0 radical (unpaired) electrons. The van der Waals surface area contributed by atoms with E-state index in [1.165, 1.54) is 12.0 Å². The standard InChI is InChI=1S/C11H13N3OS/c1-16-15-8-10-6-14(7-10)11-3-2-9(4-12)5-13-11/h2-3,5,10H,6-8H2,1H3. The van der Waals surface area contributed by atoms with Crippen molar-refractivity contribution < 1.29 is 4.18 Å². The minimum Gasteiger partial charge on any atom is -0.356 e. The highest BCUT2D eigenvalue weighted by Gasteiger charge is 2.27. The maximum Gasteiger partial charge on any atom is 0.128 e. The molecule has 1 aromatic rings. The molecule has 0 aliphatic carbocycles. The zero-order valence-corrected chi connectivity index (χ0v) is 9.91. The summed E-state index contributed by atoms with van der Waals surface area (Å²) in [7, 11) is 0. The van der Waals surface area contributed by atoms with Crippen molar-refractivity contribution in [1.29, 1.82) is 5.26 Å². The van der Waals surface area contributed by atoms with Gasteiger partial charge in [0.2, 0.25) is 0 Å². The van der Waals surface area contributed by atoms with Gasteiger partial charge >= 0.3 is 0 Å². The molecule has 0 spiro atoms. The van der Waals surface area contributed by atoms with E-state index in [4.69, 9.17) is 9.44 Å². The van der Waals surface area contributed by atoms with Gasteiger partial charge in [-0.15, -0.1) is 0 Å². The van der Waals surface area contributed by atoms with Crippen LogP contribution < -0.4 is 4.90 Å². The number of pyridine rings is 1. The largest absolute Gasteiger partial charge is 0.356 e. The quantitative estimate of drug-likeness (QED) is 0.743. The van der Waals surface area contributed by atoms with Gasteiger partial charge in [-0.05, 0) is 24.2 Å². The van der Waals surface area contributed by atoms with Crippen molar-refractivity contribution in [2.75, 3.05) is 30.9 Å². The number of aromatic nitrogens is 1. The summed E-state index contributed by atoms with van der Waals surface area (Å²) in [5.41, 5.74) is 0.603. The van der Waals surface area contributed by atoms with Gasteiger partial charge in [0.1, 0.15) is 11.9 Å². The van der Waals surface area contributed by atoms with Crippen molar-refractivity contribution in [2.24, 2.45) is 5.92 Å². The van der Waals surface area contributed by atoms with Gasteiger partial charge in [0, 0.05) is 31.5 Å². The lowest BCUT2D eigenvalue weighted by Crippen LogP contribution is -2.48. The molecule has 2 heterocycles. The van der Waals surface area contributed by atoms with E-state index < -0.39 is 0 Å². The van der Waals surface area contributed by atoms with Crippen molar-refractivity contribution in [3.8, 4) is 6.07 Å². The highest BCUT2D eigenvalue weighted by Crippen LogP contribution is 2.23. The SMILES string of the molecule is CSOCC1CN(c2ccc(C#N)cn2)C1. The van der Waals surface area contributed by atoms with Crippen molar-refractivity contribution >= 4 is 17.9 Å². The van der Waals surface area contributed by atoms with Gasteiger partial charge in [-0.3, -0.25) is 0 Å². The molecule has 84 valence electrons. The van der Waals surface area contributed by atoms with E-state index in [1.54, 1.807) is 12.3 Å². The molecular formula is C11H13N3OS. The molecule has 1 aliphatic rings. The maximum atomic E-state index is 8.65. The molecule has 5 heteroatoms. The molecule has 4 nitrogen and oxygen atoms in total. The first-order valence-electron chi connectivity index (χ1n) is 5.10. The number of anilines is 1. The predicted octanol–water partition coefficient (Wildman–Crippen LogP) is 1.68. The van der Waals surface area contributed by atoms with Crippen LogP contribution in [-0.4, -0.2) is 30.9 Å². The fourth-order valence-corrected chi connectivity index (χ4v) is 1.99. The van der Waals surface area contributed by atoms with Crippen LogP contribution in [0.1, 0.15) is 5.56 Å². The van der Waals surface area contributed by atoms with Gasteiger partial charge in [0.05, 0.1) is 12.2 Å². The number of hydrogen-bond acceptors (Lipinski definition) is 5. The Labute approximate surface area is 99.4 Å². The molecule has 1 saturated heterocycles. The van der Waals surface area contributed by atoms with Gasteiger partial charge in [-0.25, -0.2) is 4.98 Å². The van der Waals surface area contributed by atoms with Crippen LogP contribution in [0.15, 0.2) is 18.3 Å². The first-order chi connectivity index (χ1) is 7.83. The molecule has 0 amide bonds.